The van der Waals surface area contributed by atoms with E-state index in [1.807, 2.05) is 0 Å². The predicted molar refractivity (Wildman–Crippen MR) is 23.4 cm³/mol. The molecule has 1 aromatic rings. The minimum Gasteiger partial charge on any atom is -0.404 e. The van der Waals surface area contributed by atoms with E-state index in [1.165, 1.54) is 6.92 Å². The van der Waals surface area contributed by atoms with E-state index in [0.717, 1.165) is 6.07 Å². The summed E-state index contributed by atoms with van der Waals surface area (Å²) in [6.45, 7) is 1.43. The van der Waals surface area contributed by atoms with Crippen LogP contribution in [0.25, 0.3) is 0 Å². The van der Waals surface area contributed by atoms with Gasteiger partial charge in [-0.25, -0.2) is 0 Å². The predicted octanol–water partition coefficient (Wildman–Crippen LogP) is 1.87. The van der Waals surface area contributed by atoms with Crippen molar-refractivity contribution >= 4 is 0 Å². The van der Waals surface area contributed by atoms with Gasteiger partial charge in [0.15, 0.2) is 0 Å². The molecular formula is C5H4F2O. The lowest BCUT2D eigenvalue weighted by atomic mass is 10.4. The highest BCUT2D eigenvalue weighted by atomic mass is 19.2. The summed E-state index contributed by atoms with van der Waals surface area (Å²) in [6, 6.07) is -0.725. The van der Waals surface area contributed by atoms with Crippen LogP contribution in [0.1, 0.15) is 5.56 Å². The fourth-order valence-electron chi connectivity index (χ4n) is 0.423. The number of hydrogen-bond acceptors (Lipinski definition) is 1. The van der Waals surface area contributed by atoms with Gasteiger partial charge in [-0.2, -0.15) is 8.78 Å². The number of rotatable bonds is 0. The molecule has 3 heteroatoms. The second kappa shape index (κ2) is 1.58. The lowest BCUT2D eigenvalue weighted by Gasteiger charge is -1.73. The third-order valence-corrected chi connectivity index (χ3v) is 0.827. The van der Waals surface area contributed by atoms with Crippen molar-refractivity contribution in [1.82, 2.24) is 0 Å². The molecule has 1 aromatic heterocycles. The monoisotopic (exact) mass is 118 g/mol. The van der Waals surface area contributed by atoms with Crippen LogP contribution >= 0.6 is 0 Å². The zero-order valence-electron chi connectivity index (χ0n) is 4.24. The first kappa shape index (κ1) is 5.28. The molecule has 0 amide bonds. The molecular weight excluding hydrogens is 114 g/mol. The van der Waals surface area contributed by atoms with Crippen molar-refractivity contribution in [3.05, 3.63) is 23.7 Å². The minimum absolute atomic E-state index is 0.197. The average molecular weight is 118 g/mol. The molecule has 0 radical (unpaired) electrons. The van der Waals surface area contributed by atoms with Crippen LogP contribution in [0, 0.1) is 19.0 Å². The zero-order valence-corrected chi connectivity index (χ0v) is 4.24. The highest BCUT2D eigenvalue weighted by Gasteiger charge is 2.03. The number of aryl methyl sites for hydroxylation is 1. The topological polar surface area (TPSA) is 13.1 Å². The summed E-state index contributed by atoms with van der Waals surface area (Å²) in [4.78, 5) is 0. The van der Waals surface area contributed by atoms with Crippen LogP contribution in [0.3, 0.4) is 0 Å². The maximum absolute atomic E-state index is 11.9. The molecule has 8 heavy (non-hydrogen) atoms. The van der Waals surface area contributed by atoms with Crippen molar-refractivity contribution in [3.8, 4) is 0 Å². The van der Waals surface area contributed by atoms with E-state index in [0.29, 0.717) is 0 Å². The Balaban J connectivity index is 3.14. The molecule has 44 valence electrons. The Hall–Kier alpha value is -0.860. The fourth-order valence-corrected chi connectivity index (χ4v) is 0.423. The molecule has 0 saturated heterocycles. The molecule has 0 saturated carbocycles. The highest BCUT2D eigenvalue weighted by molar-refractivity contribution is 5.04. The Morgan fingerprint density at radius 3 is 2.25 bits per heavy atom. The fraction of sp³-hybridized carbons (Fsp3) is 0.200. The average Bonchev–Trinajstić information content (AvgIpc) is 1.85. The van der Waals surface area contributed by atoms with Crippen LogP contribution in [0.2, 0.25) is 0 Å². The van der Waals surface area contributed by atoms with Crippen LogP contribution in [0.5, 0.6) is 0 Å². The van der Waals surface area contributed by atoms with Crippen LogP contribution in [-0.4, -0.2) is 0 Å². The van der Waals surface area contributed by atoms with Gasteiger partial charge in [-0.1, -0.05) is 0 Å². The Morgan fingerprint density at radius 2 is 2.12 bits per heavy atom. The molecule has 0 atom stereocenters. The molecule has 0 aromatic carbocycles. The second-order valence-corrected chi connectivity index (χ2v) is 1.51. The normalized spacial score (nSPS) is 9.88. The van der Waals surface area contributed by atoms with Crippen LogP contribution < -0.4 is 0 Å². The van der Waals surface area contributed by atoms with E-state index in [9.17, 15) is 8.78 Å². The van der Waals surface area contributed by atoms with Gasteiger partial charge in [0.05, 0.1) is 0 Å². The number of hydrogen-bond donors (Lipinski definition) is 0. The molecule has 0 aliphatic carbocycles. The van der Waals surface area contributed by atoms with E-state index in [1.54, 1.807) is 0 Å². The van der Waals surface area contributed by atoms with Gasteiger partial charge in [-0.3, -0.25) is 0 Å². The van der Waals surface area contributed by atoms with E-state index < -0.39 is 12.0 Å². The maximum atomic E-state index is 11.9. The Bertz CT molecular complexity index is 173. The number of furan rings is 1. The second-order valence-electron chi connectivity index (χ2n) is 1.51. The maximum Gasteiger partial charge on any atom is 0.283 e. The molecule has 0 fully saturated rings. The standard InChI is InChI=1S/C5H4F2O/c1-3-2-4(6)8-5(3)7/h2H,1H3. The lowest BCUT2D eigenvalue weighted by Crippen LogP contribution is -1.65. The van der Waals surface area contributed by atoms with E-state index in [4.69, 9.17) is 0 Å². The lowest BCUT2D eigenvalue weighted by molar-refractivity contribution is 0.264. The van der Waals surface area contributed by atoms with Crippen LogP contribution in [0.15, 0.2) is 10.5 Å². The Morgan fingerprint density at radius 1 is 1.50 bits per heavy atom. The highest BCUT2D eigenvalue weighted by Crippen LogP contribution is 2.09. The molecule has 0 spiro atoms. The van der Waals surface area contributed by atoms with Crippen molar-refractivity contribution in [2.75, 3.05) is 0 Å². The summed E-state index contributed by atoms with van der Waals surface area (Å²) in [6.07, 6.45) is 0. The van der Waals surface area contributed by atoms with Gasteiger partial charge < -0.3 is 4.42 Å². The summed E-state index contributed by atoms with van der Waals surface area (Å²) in [5.74, 6) is 0. The van der Waals surface area contributed by atoms with Crippen LogP contribution in [-0.2, 0) is 0 Å². The smallest absolute Gasteiger partial charge is 0.283 e. The molecule has 0 aliphatic rings. The van der Waals surface area contributed by atoms with Crippen molar-refractivity contribution in [3.63, 3.8) is 0 Å². The van der Waals surface area contributed by atoms with Crippen molar-refractivity contribution in [1.29, 1.82) is 0 Å². The van der Waals surface area contributed by atoms with Crippen LogP contribution in [0.4, 0.5) is 8.78 Å². The van der Waals surface area contributed by atoms with Gasteiger partial charge in [-0.05, 0) is 6.92 Å². The molecule has 0 unspecified atom stereocenters. The van der Waals surface area contributed by atoms with Crippen molar-refractivity contribution in [2.24, 2.45) is 0 Å². The van der Waals surface area contributed by atoms with Gasteiger partial charge in [0, 0.05) is 11.6 Å². The molecule has 1 heterocycles. The zero-order chi connectivity index (χ0) is 6.15. The third kappa shape index (κ3) is 0.710. The summed E-state index contributed by atoms with van der Waals surface area (Å²) >= 11 is 0. The third-order valence-electron chi connectivity index (χ3n) is 0.827. The number of halogens is 2. The molecule has 0 aliphatic heterocycles. The first-order valence-corrected chi connectivity index (χ1v) is 2.11. The minimum atomic E-state index is -0.875. The van der Waals surface area contributed by atoms with Gasteiger partial charge in [0.25, 0.3) is 12.0 Å². The van der Waals surface area contributed by atoms with Crippen molar-refractivity contribution < 1.29 is 13.2 Å². The molecule has 0 bridgehead atoms. The summed E-state index contributed by atoms with van der Waals surface area (Å²) in [5, 5.41) is 0. The van der Waals surface area contributed by atoms with Gasteiger partial charge in [0.2, 0.25) is 0 Å². The van der Waals surface area contributed by atoms with E-state index >= 15 is 0 Å². The Labute approximate surface area is 44.9 Å². The molecule has 1 rings (SSSR count). The quantitative estimate of drug-likeness (QED) is 0.506. The first-order chi connectivity index (χ1) is 3.70. The largest absolute Gasteiger partial charge is 0.404 e. The molecule has 0 N–H and O–H groups in total. The molecule has 1 nitrogen and oxygen atoms in total. The van der Waals surface area contributed by atoms with Gasteiger partial charge >= 0.3 is 0 Å². The summed E-state index contributed by atoms with van der Waals surface area (Å²) < 4.78 is 27.6. The van der Waals surface area contributed by atoms with E-state index in [-0.39, 0.29) is 5.56 Å². The van der Waals surface area contributed by atoms with Crippen molar-refractivity contribution in [2.45, 2.75) is 6.92 Å². The SMILES string of the molecule is Cc1cc(F)oc1F. The Kier molecular flexibility index (Phi) is 1.04. The summed E-state index contributed by atoms with van der Waals surface area (Å²) in [7, 11) is 0. The van der Waals surface area contributed by atoms with E-state index in [2.05, 4.69) is 4.42 Å². The van der Waals surface area contributed by atoms with Gasteiger partial charge in [-0.15, -0.1) is 0 Å². The summed E-state index contributed by atoms with van der Waals surface area (Å²) in [5.41, 5.74) is 0.197. The first-order valence-electron chi connectivity index (χ1n) is 2.11. The van der Waals surface area contributed by atoms with Gasteiger partial charge in [0.1, 0.15) is 0 Å².